The van der Waals surface area contributed by atoms with Crippen LogP contribution in [0.1, 0.15) is 11.1 Å². The zero-order chi connectivity index (χ0) is 14.8. The molecule has 0 aromatic heterocycles. The molecule has 0 bridgehead atoms. The van der Waals surface area contributed by atoms with E-state index in [2.05, 4.69) is 0 Å². The van der Waals surface area contributed by atoms with Gasteiger partial charge in [-0.05, 0) is 23.9 Å². The molecule has 0 atom stereocenters. The Morgan fingerprint density at radius 2 is 1.95 bits per heavy atom. The summed E-state index contributed by atoms with van der Waals surface area (Å²) in [4.78, 5) is -0.887. The molecule has 0 N–H and O–H groups in total. The minimum absolute atomic E-state index is 0.242. The number of nitrogens with zero attached hydrogens (tertiary/aromatic N) is 1. The van der Waals surface area contributed by atoms with E-state index in [0.717, 1.165) is 12.1 Å². The van der Waals surface area contributed by atoms with Gasteiger partial charge < -0.3 is 0 Å². The lowest BCUT2D eigenvalue weighted by Gasteiger charge is -2.12. The number of hydrogen-bond donors (Lipinski definition) is 0. The molecule has 1 aromatic rings. The molecule has 10 heteroatoms. The van der Waals surface area contributed by atoms with Crippen molar-refractivity contribution in [3.8, 4) is 6.07 Å². The first-order chi connectivity index (χ1) is 8.60. The van der Waals surface area contributed by atoms with Crippen molar-refractivity contribution in [1.29, 1.82) is 5.26 Å². The Labute approximate surface area is 120 Å². The lowest BCUT2D eigenvalue weighted by molar-refractivity contribution is -0.0328. The third-order valence-electron chi connectivity index (χ3n) is 1.97. The Morgan fingerprint density at radius 3 is 2.32 bits per heavy atom. The highest BCUT2D eigenvalue weighted by Gasteiger charge is 2.32. The Hall–Kier alpha value is -0.620. The van der Waals surface area contributed by atoms with Gasteiger partial charge in [0.25, 0.3) is 9.05 Å². The summed E-state index contributed by atoms with van der Waals surface area (Å²) in [6.45, 7) is 0. The number of benzene rings is 1. The predicted molar refractivity (Wildman–Crippen MR) is 65.7 cm³/mol. The monoisotopic (exact) mass is 349 g/mol. The molecule has 0 spiro atoms. The number of alkyl halides is 4. The second-order valence-electron chi connectivity index (χ2n) is 3.15. The summed E-state index contributed by atoms with van der Waals surface area (Å²) >= 11 is 4.98. The maximum absolute atomic E-state index is 12.3. The molecule has 3 nitrogen and oxygen atoms in total. The Morgan fingerprint density at radius 1 is 1.37 bits per heavy atom. The molecule has 0 fully saturated rings. The van der Waals surface area contributed by atoms with E-state index in [0.29, 0.717) is 0 Å². The minimum atomic E-state index is -4.60. The predicted octanol–water partition coefficient (Wildman–Crippen LogP) is 3.84. The van der Waals surface area contributed by atoms with Crippen LogP contribution in [-0.4, -0.2) is 13.9 Å². The van der Waals surface area contributed by atoms with Gasteiger partial charge in [-0.25, -0.2) is 8.42 Å². The van der Waals surface area contributed by atoms with Crippen LogP contribution in [0, 0.1) is 11.3 Å². The van der Waals surface area contributed by atoms with Crippen molar-refractivity contribution in [2.45, 2.75) is 21.2 Å². The van der Waals surface area contributed by atoms with E-state index in [-0.39, 0.29) is 5.56 Å². The summed E-state index contributed by atoms with van der Waals surface area (Å²) in [6.07, 6.45) is 0. The lowest BCUT2D eigenvalue weighted by atomic mass is 10.1. The molecule has 19 heavy (non-hydrogen) atoms. The van der Waals surface area contributed by atoms with Crippen LogP contribution in [-0.2, 0) is 14.9 Å². The van der Waals surface area contributed by atoms with Crippen molar-refractivity contribution in [3.63, 3.8) is 0 Å². The Bertz CT molecular complexity index is 638. The molecule has 104 valence electrons. The van der Waals surface area contributed by atoms with E-state index in [4.69, 9.17) is 27.5 Å². The van der Waals surface area contributed by atoms with Gasteiger partial charge in [0.2, 0.25) is 0 Å². The van der Waals surface area contributed by atoms with Crippen molar-refractivity contribution in [2.24, 2.45) is 0 Å². The summed E-state index contributed by atoms with van der Waals surface area (Å²) in [5, 5.41) is 8.89. The van der Waals surface area contributed by atoms with Crippen molar-refractivity contribution in [1.82, 2.24) is 0 Å². The first kappa shape index (κ1) is 16.4. The molecular formula is C9H4Cl2F3NO2S2. The third-order valence-corrected chi connectivity index (χ3v) is 4.43. The topological polar surface area (TPSA) is 57.9 Å². The first-order valence-electron chi connectivity index (χ1n) is 4.42. The van der Waals surface area contributed by atoms with Crippen molar-refractivity contribution < 1.29 is 21.6 Å². The highest BCUT2D eigenvalue weighted by molar-refractivity contribution is 8.13. The van der Waals surface area contributed by atoms with Gasteiger partial charge in [0.15, 0.2) is 0 Å². The maximum Gasteiger partial charge on any atom is 0.446 e. The maximum atomic E-state index is 12.3. The molecule has 1 rings (SSSR count). The van der Waals surface area contributed by atoms with Crippen LogP contribution >= 0.6 is 34.0 Å². The first-order valence-corrected chi connectivity index (χ1v) is 8.08. The highest BCUT2D eigenvalue weighted by atomic mass is 35.7. The lowest BCUT2D eigenvalue weighted by Crippen LogP contribution is -2.04. The summed E-state index contributed by atoms with van der Waals surface area (Å²) in [5.74, 6) is -0.448. The number of rotatable bonds is 3. The van der Waals surface area contributed by atoms with Crippen molar-refractivity contribution in [2.75, 3.05) is 0 Å². The largest absolute Gasteiger partial charge is 0.446 e. The quantitative estimate of drug-likeness (QED) is 0.472. The molecule has 1 aromatic carbocycles. The zero-order valence-corrected chi connectivity index (χ0v) is 12.0. The van der Waals surface area contributed by atoms with Gasteiger partial charge in [-0.3, -0.25) is 0 Å². The van der Waals surface area contributed by atoms with Crippen molar-refractivity contribution in [3.05, 3.63) is 23.3 Å². The van der Waals surface area contributed by atoms with Gasteiger partial charge in [-0.1, -0.05) is 0 Å². The fourth-order valence-electron chi connectivity index (χ4n) is 1.30. The summed E-state index contributed by atoms with van der Waals surface area (Å²) in [6, 6.07) is 3.30. The number of hydrogen-bond acceptors (Lipinski definition) is 4. The molecule has 0 aliphatic heterocycles. The average Bonchev–Trinajstić information content (AvgIpc) is 2.24. The molecule has 0 unspecified atom stereocenters. The van der Waals surface area contributed by atoms with Gasteiger partial charge in [-0.15, -0.1) is 11.6 Å². The molecule has 0 heterocycles. The van der Waals surface area contributed by atoms with Crippen LogP contribution in [0.3, 0.4) is 0 Å². The minimum Gasteiger partial charge on any atom is -0.207 e. The molecule has 0 radical (unpaired) electrons. The summed E-state index contributed by atoms with van der Waals surface area (Å²) in [5.41, 5.74) is -5.29. The Kier molecular flexibility index (Phi) is 5.01. The fourth-order valence-corrected chi connectivity index (χ4v) is 3.45. The van der Waals surface area contributed by atoms with Crippen LogP contribution in [0.2, 0.25) is 0 Å². The normalized spacial score (nSPS) is 12.2. The van der Waals surface area contributed by atoms with Crippen LogP contribution in [0.5, 0.6) is 0 Å². The number of thioether (sulfide) groups is 1. The van der Waals surface area contributed by atoms with Gasteiger partial charge in [0.05, 0.1) is 16.3 Å². The molecule has 0 saturated carbocycles. The van der Waals surface area contributed by atoms with Gasteiger partial charge in [-0.2, -0.15) is 18.4 Å². The van der Waals surface area contributed by atoms with Crippen LogP contribution in [0.25, 0.3) is 0 Å². The number of halogens is 5. The summed E-state index contributed by atoms with van der Waals surface area (Å²) in [7, 11) is 0.940. The van der Waals surface area contributed by atoms with Crippen molar-refractivity contribution >= 4 is 43.1 Å². The number of nitriles is 1. The second kappa shape index (κ2) is 5.79. The SMILES string of the molecule is N#Cc1c(SC(F)(F)F)ccc(S(=O)(=O)Cl)c1CCl. The average molecular weight is 350 g/mol. The van der Waals surface area contributed by atoms with E-state index >= 15 is 0 Å². The highest BCUT2D eigenvalue weighted by Crippen LogP contribution is 2.41. The van der Waals surface area contributed by atoms with Gasteiger partial charge >= 0.3 is 5.51 Å². The van der Waals surface area contributed by atoms with E-state index in [1.807, 2.05) is 0 Å². The van der Waals surface area contributed by atoms with E-state index in [1.54, 1.807) is 0 Å². The summed E-state index contributed by atoms with van der Waals surface area (Å²) < 4.78 is 59.4. The molecule has 0 aliphatic carbocycles. The standard InChI is InChI=1S/C9H4Cl2F3NO2S2/c10-3-5-6(4-15)7(18-9(12,13)14)1-2-8(5)19(11,16)17/h1-2H,3H2. The fraction of sp³-hybridized carbons (Fsp3) is 0.222. The van der Waals surface area contributed by atoms with E-state index in [1.165, 1.54) is 6.07 Å². The Balaban J connectivity index is 3.54. The molecule has 0 amide bonds. The van der Waals surface area contributed by atoms with Crippen LogP contribution in [0.4, 0.5) is 13.2 Å². The smallest absolute Gasteiger partial charge is 0.207 e. The third kappa shape index (κ3) is 4.18. The van der Waals surface area contributed by atoms with E-state index in [9.17, 15) is 21.6 Å². The van der Waals surface area contributed by atoms with Gasteiger partial charge in [0.1, 0.15) is 6.07 Å². The molecule has 0 aliphatic rings. The van der Waals surface area contributed by atoms with Crippen LogP contribution in [0.15, 0.2) is 21.9 Å². The molecule has 0 saturated heterocycles. The van der Waals surface area contributed by atoms with Crippen LogP contribution < -0.4 is 0 Å². The zero-order valence-electron chi connectivity index (χ0n) is 8.83. The molecular weight excluding hydrogens is 346 g/mol. The van der Waals surface area contributed by atoms with Gasteiger partial charge in [0, 0.05) is 21.1 Å². The van der Waals surface area contributed by atoms with E-state index < -0.39 is 47.6 Å². The second-order valence-corrected chi connectivity index (χ2v) is 7.05.